The first kappa shape index (κ1) is 19.9. The minimum atomic E-state index is -0.622. The predicted molar refractivity (Wildman–Crippen MR) is 139 cm³/mol. The fourth-order valence-electron chi connectivity index (χ4n) is 3.55. The van der Waals surface area contributed by atoms with Crippen molar-refractivity contribution in [2.45, 2.75) is 13.8 Å². The second-order valence-corrected chi connectivity index (χ2v) is 13.0. The van der Waals surface area contributed by atoms with E-state index in [1.54, 1.807) is 0 Å². The molecular weight excluding hydrogens is 439 g/mol. The van der Waals surface area contributed by atoms with Gasteiger partial charge in [-0.1, -0.05) is 60.7 Å². The van der Waals surface area contributed by atoms with Crippen LogP contribution < -0.4 is 15.9 Å². The molecule has 148 valence electrons. The van der Waals surface area contributed by atoms with E-state index in [-0.39, 0.29) is 0 Å². The van der Waals surface area contributed by atoms with Crippen LogP contribution in [0.25, 0.3) is 19.5 Å². The van der Waals surface area contributed by atoms with Gasteiger partial charge in [0.1, 0.15) is 0 Å². The summed E-state index contributed by atoms with van der Waals surface area (Å²) in [5.41, 5.74) is 0. The topological polar surface area (TPSA) is 0 Å². The van der Waals surface area contributed by atoms with Gasteiger partial charge in [-0.3, -0.25) is 0 Å². The highest BCUT2D eigenvalue weighted by Gasteiger charge is 2.24. The Morgan fingerprint density at radius 2 is 1.07 bits per heavy atom. The molecule has 0 aliphatic heterocycles. The van der Waals surface area contributed by atoms with Crippen molar-refractivity contribution in [1.29, 1.82) is 0 Å². The van der Waals surface area contributed by atoms with Gasteiger partial charge in [0.05, 0.1) is 4.88 Å². The van der Waals surface area contributed by atoms with Crippen LogP contribution in [0.2, 0.25) is 0 Å². The first-order valence-corrected chi connectivity index (χ1v) is 13.7. The first-order valence-electron chi connectivity index (χ1n) is 9.87. The summed E-state index contributed by atoms with van der Waals surface area (Å²) < 4.78 is 0. The molecule has 5 aromatic rings. The molecule has 0 bridgehead atoms. The summed E-state index contributed by atoms with van der Waals surface area (Å²) in [4.78, 5) is 8.28. The summed E-state index contributed by atoms with van der Waals surface area (Å²) >= 11 is 5.74. The average Bonchev–Trinajstić information content (AvgIpc) is 3.50. The molecule has 0 N–H and O–H groups in total. The van der Waals surface area contributed by atoms with E-state index >= 15 is 0 Å². The average molecular weight is 461 g/mol. The van der Waals surface area contributed by atoms with Gasteiger partial charge in [0, 0.05) is 29.7 Å². The van der Waals surface area contributed by atoms with Crippen molar-refractivity contribution in [1.82, 2.24) is 0 Å². The molecular formula is C26H21PS3. The Morgan fingerprint density at radius 1 is 0.533 bits per heavy atom. The number of hydrogen-bond acceptors (Lipinski definition) is 3. The zero-order valence-electron chi connectivity index (χ0n) is 16.8. The van der Waals surface area contributed by atoms with E-state index in [0.717, 1.165) is 0 Å². The lowest BCUT2D eigenvalue weighted by Gasteiger charge is -2.19. The van der Waals surface area contributed by atoms with Gasteiger partial charge < -0.3 is 0 Å². The highest BCUT2D eigenvalue weighted by molar-refractivity contribution is 7.80. The van der Waals surface area contributed by atoms with Crippen molar-refractivity contribution in [2.75, 3.05) is 0 Å². The van der Waals surface area contributed by atoms with Crippen molar-refractivity contribution in [3.63, 3.8) is 0 Å². The Kier molecular flexibility index (Phi) is 5.71. The normalized spacial score (nSPS) is 11.3. The Balaban J connectivity index is 1.74. The Hall–Kier alpha value is -2.03. The Bertz CT molecular complexity index is 1220. The largest absolute Gasteiger partial charge is 0.140 e. The van der Waals surface area contributed by atoms with Crippen LogP contribution in [-0.4, -0.2) is 0 Å². The van der Waals surface area contributed by atoms with Crippen LogP contribution in [0.5, 0.6) is 0 Å². The van der Waals surface area contributed by atoms with Gasteiger partial charge in [0.25, 0.3) is 0 Å². The molecule has 0 unspecified atom stereocenters. The predicted octanol–water partition coefficient (Wildman–Crippen LogP) is 7.58. The van der Waals surface area contributed by atoms with E-state index in [2.05, 4.69) is 105 Å². The van der Waals surface area contributed by atoms with Gasteiger partial charge >= 0.3 is 0 Å². The number of thiophene rings is 3. The first-order chi connectivity index (χ1) is 14.7. The van der Waals surface area contributed by atoms with E-state index in [1.165, 1.54) is 45.2 Å². The second-order valence-electron chi connectivity index (χ2n) is 7.15. The summed E-state index contributed by atoms with van der Waals surface area (Å²) in [5, 5.41) is 4.27. The molecule has 0 spiro atoms. The summed E-state index contributed by atoms with van der Waals surface area (Å²) in [6.45, 7) is 4.38. The van der Waals surface area contributed by atoms with E-state index in [9.17, 15) is 0 Å². The van der Waals surface area contributed by atoms with Crippen LogP contribution in [0.1, 0.15) is 9.75 Å². The number of rotatable bonds is 5. The van der Waals surface area contributed by atoms with Gasteiger partial charge in [-0.05, 0) is 62.7 Å². The minimum Gasteiger partial charge on any atom is -0.140 e. The van der Waals surface area contributed by atoms with Gasteiger partial charge in [-0.15, -0.1) is 34.0 Å². The highest BCUT2D eigenvalue weighted by Crippen LogP contribution is 2.45. The van der Waals surface area contributed by atoms with Gasteiger partial charge in [-0.25, -0.2) is 0 Å². The van der Waals surface area contributed by atoms with Crippen molar-refractivity contribution in [2.24, 2.45) is 0 Å². The molecule has 5 rings (SSSR count). The number of aryl methyl sites for hydroxylation is 2. The van der Waals surface area contributed by atoms with Crippen LogP contribution in [-0.2, 0) is 0 Å². The third kappa shape index (κ3) is 3.96. The fraction of sp³-hybridized carbons (Fsp3) is 0.0769. The van der Waals surface area contributed by atoms with Crippen LogP contribution in [0.4, 0.5) is 0 Å². The zero-order valence-corrected chi connectivity index (χ0v) is 20.2. The third-order valence-corrected chi connectivity index (χ3v) is 11.1. The maximum absolute atomic E-state index is 2.46. The van der Waals surface area contributed by atoms with Crippen molar-refractivity contribution >= 4 is 57.8 Å². The lowest BCUT2D eigenvalue weighted by Crippen LogP contribution is -2.20. The number of benzene rings is 2. The fourth-order valence-corrected chi connectivity index (χ4v) is 9.50. The minimum absolute atomic E-state index is 0.622. The van der Waals surface area contributed by atoms with Crippen LogP contribution in [0, 0.1) is 13.8 Å². The molecule has 0 amide bonds. The lowest BCUT2D eigenvalue weighted by molar-refractivity contribution is 1.64. The zero-order chi connectivity index (χ0) is 20.5. The Morgan fingerprint density at radius 3 is 1.57 bits per heavy atom. The van der Waals surface area contributed by atoms with Crippen molar-refractivity contribution in [3.05, 3.63) is 101 Å². The van der Waals surface area contributed by atoms with E-state index < -0.39 is 7.92 Å². The van der Waals surface area contributed by atoms with Crippen molar-refractivity contribution < 1.29 is 0 Å². The van der Waals surface area contributed by atoms with Gasteiger partial charge in [-0.2, -0.15) is 0 Å². The number of hydrogen-bond donors (Lipinski definition) is 0. The molecule has 0 saturated carbocycles. The maximum atomic E-state index is 2.46. The third-order valence-electron chi connectivity index (χ3n) is 4.93. The molecule has 0 fully saturated rings. The van der Waals surface area contributed by atoms with Gasteiger partial charge in [0.2, 0.25) is 0 Å². The molecule has 3 aromatic heterocycles. The van der Waals surface area contributed by atoms with Gasteiger partial charge in [0.15, 0.2) is 0 Å². The molecule has 0 radical (unpaired) electrons. The van der Waals surface area contributed by atoms with E-state index in [1.807, 2.05) is 34.0 Å². The van der Waals surface area contributed by atoms with E-state index in [4.69, 9.17) is 0 Å². The quantitative estimate of drug-likeness (QED) is 0.237. The molecule has 0 nitrogen and oxygen atoms in total. The molecule has 0 atom stereocenters. The molecule has 0 aliphatic rings. The molecule has 3 heterocycles. The summed E-state index contributed by atoms with van der Waals surface area (Å²) in [5.74, 6) is 0. The standard InChI is InChI=1S/C26H21PS3/c1-18-13-15-23(28-18)25-17-22(26(30-25)24-16-14-19(2)29-24)27(20-9-5-3-6-10-20)21-11-7-4-8-12-21/h3-17H,1-2H3. The highest BCUT2D eigenvalue weighted by atomic mass is 32.1. The molecule has 4 heteroatoms. The smallest absolute Gasteiger partial charge is 0.0533 e. The summed E-state index contributed by atoms with van der Waals surface area (Å²) in [6.07, 6.45) is 0. The van der Waals surface area contributed by atoms with Crippen LogP contribution in [0.3, 0.4) is 0 Å². The molecule has 0 aliphatic carbocycles. The van der Waals surface area contributed by atoms with Crippen LogP contribution >= 0.6 is 41.9 Å². The summed E-state index contributed by atoms with van der Waals surface area (Å²) in [6, 6.07) is 33.5. The van der Waals surface area contributed by atoms with E-state index in [0.29, 0.717) is 0 Å². The lowest BCUT2D eigenvalue weighted by atomic mass is 10.3. The monoisotopic (exact) mass is 460 g/mol. The maximum Gasteiger partial charge on any atom is 0.0533 e. The van der Waals surface area contributed by atoms with Crippen molar-refractivity contribution in [3.8, 4) is 19.5 Å². The van der Waals surface area contributed by atoms with Crippen LogP contribution in [0.15, 0.2) is 91.0 Å². The molecule has 2 aromatic carbocycles. The molecule has 30 heavy (non-hydrogen) atoms. The summed E-state index contributed by atoms with van der Waals surface area (Å²) in [7, 11) is -0.622. The molecule has 0 saturated heterocycles. The Labute approximate surface area is 191 Å². The second kappa shape index (κ2) is 8.61. The SMILES string of the molecule is Cc1ccc(-c2cc(P(c3ccccc3)c3ccccc3)c(-c3ccc(C)s3)s2)s1.